The summed E-state index contributed by atoms with van der Waals surface area (Å²) >= 11 is 0. The van der Waals surface area contributed by atoms with Crippen LogP contribution in [-0.4, -0.2) is 80.1 Å². The number of nitrogens with zero attached hydrogens (tertiary/aromatic N) is 4. The zero-order valence-electron chi connectivity index (χ0n) is 28.6. The Kier molecular flexibility index (Phi) is 11.3. The molecule has 1 aliphatic rings. The lowest BCUT2D eigenvalue weighted by Crippen LogP contribution is -2.35. The maximum Gasteiger partial charge on any atom is 0.314 e. The predicted molar refractivity (Wildman–Crippen MR) is 188 cm³/mol. The lowest BCUT2D eigenvalue weighted by Gasteiger charge is -2.26. The number of hydrogen-bond donors (Lipinski definition) is 0. The molecule has 0 saturated carbocycles. The molecule has 9 nitrogen and oxygen atoms in total. The van der Waals surface area contributed by atoms with Crippen LogP contribution in [0.1, 0.15) is 19.4 Å². The van der Waals surface area contributed by atoms with E-state index in [9.17, 15) is 4.79 Å². The first-order chi connectivity index (χ1) is 22.5. The van der Waals surface area contributed by atoms with E-state index in [-0.39, 0.29) is 12.6 Å². The second-order valence-corrected chi connectivity index (χ2v) is 19.6. The molecular formula is C37H48N4O5Si. The number of benzene rings is 2. The number of aromatic nitrogens is 3. The van der Waals surface area contributed by atoms with E-state index >= 15 is 0 Å². The van der Waals surface area contributed by atoms with Crippen LogP contribution in [0.5, 0.6) is 5.75 Å². The summed E-state index contributed by atoms with van der Waals surface area (Å²) in [4.78, 5) is 24.3. The van der Waals surface area contributed by atoms with Crippen molar-refractivity contribution in [3.63, 3.8) is 0 Å². The van der Waals surface area contributed by atoms with Gasteiger partial charge in [-0.25, -0.2) is 4.98 Å². The molecule has 1 aliphatic heterocycles. The van der Waals surface area contributed by atoms with Crippen LogP contribution < -0.4 is 4.74 Å². The van der Waals surface area contributed by atoms with Gasteiger partial charge < -0.3 is 23.5 Å². The van der Waals surface area contributed by atoms with E-state index in [1.54, 1.807) is 13.8 Å². The highest BCUT2D eigenvalue weighted by molar-refractivity contribution is 6.76. The molecule has 0 bridgehead atoms. The summed E-state index contributed by atoms with van der Waals surface area (Å²) in [6.07, 6.45) is 3.96. The minimum Gasteiger partial charge on any atom is -0.492 e. The van der Waals surface area contributed by atoms with E-state index in [0.717, 1.165) is 79.4 Å². The molecular weight excluding hydrogens is 609 g/mol. The van der Waals surface area contributed by atoms with E-state index in [1.165, 1.54) is 12.7 Å². The van der Waals surface area contributed by atoms with Crippen molar-refractivity contribution in [3.05, 3.63) is 78.6 Å². The summed E-state index contributed by atoms with van der Waals surface area (Å²) in [5.41, 5.74) is 5.25. The van der Waals surface area contributed by atoms with Crippen molar-refractivity contribution in [2.45, 2.75) is 52.8 Å². The molecule has 4 aromatic rings. The molecule has 0 aliphatic carbocycles. The van der Waals surface area contributed by atoms with Crippen LogP contribution in [0.25, 0.3) is 33.9 Å². The normalized spacial score (nSPS) is 14.3. The third kappa shape index (κ3) is 9.60. The highest BCUT2D eigenvalue weighted by atomic mass is 28.3. The average Bonchev–Trinajstić information content (AvgIpc) is 3.50. The van der Waals surface area contributed by atoms with E-state index in [1.807, 2.05) is 36.5 Å². The molecule has 3 heterocycles. The summed E-state index contributed by atoms with van der Waals surface area (Å²) < 4.78 is 24.5. The van der Waals surface area contributed by atoms with Crippen molar-refractivity contribution in [2.75, 3.05) is 46.6 Å². The van der Waals surface area contributed by atoms with Gasteiger partial charge in [0.25, 0.3) is 0 Å². The number of carbonyl (C=O) groups is 1. The van der Waals surface area contributed by atoms with Crippen LogP contribution in [0.2, 0.25) is 25.7 Å². The smallest absolute Gasteiger partial charge is 0.314 e. The van der Waals surface area contributed by atoms with Gasteiger partial charge in [0, 0.05) is 63.4 Å². The zero-order valence-corrected chi connectivity index (χ0v) is 29.6. The molecule has 1 saturated heterocycles. The number of imidazole rings is 1. The Hall–Kier alpha value is -3.83. The molecule has 47 heavy (non-hydrogen) atoms. The summed E-state index contributed by atoms with van der Waals surface area (Å²) in [5.74, 6) is 1.20. The van der Waals surface area contributed by atoms with Crippen LogP contribution in [0, 0.1) is 5.41 Å². The molecule has 0 spiro atoms. The SMILES string of the molecule is COC(=O)C(C)(C)COc1ccc(-c2ccc(-c3nc(-c4cccc(CN5CCOCC5)c4)cn3COCC[Si](C)(C)C)cn2)cc1. The van der Waals surface area contributed by atoms with E-state index in [4.69, 9.17) is 28.9 Å². The van der Waals surface area contributed by atoms with Crippen LogP contribution in [0.15, 0.2) is 73.1 Å². The number of esters is 1. The summed E-state index contributed by atoms with van der Waals surface area (Å²) in [5, 5.41) is 0. The molecule has 5 rings (SSSR count). The van der Waals surface area contributed by atoms with Crippen LogP contribution in [-0.2, 0) is 32.3 Å². The molecule has 1 fully saturated rings. The Morgan fingerprint density at radius 2 is 1.70 bits per heavy atom. The molecule has 250 valence electrons. The summed E-state index contributed by atoms with van der Waals surface area (Å²) in [6, 6.07) is 21.6. The lowest BCUT2D eigenvalue weighted by molar-refractivity contribution is -0.152. The third-order valence-electron chi connectivity index (χ3n) is 8.25. The van der Waals surface area contributed by atoms with Crippen molar-refractivity contribution in [1.82, 2.24) is 19.4 Å². The predicted octanol–water partition coefficient (Wildman–Crippen LogP) is 7.00. The minimum atomic E-state index is -1.21. The first kappa shape index (κ1) is 34.5. The highest BCUT2D eigenvalue weighted by Crippen LogP contribution is 2.29. The Balaban J connectivity index is 1.33. The quantitative estimate of drug-likeness (QED) is 0.0815. The fourth-order valence-electron chi connectivity index (χ4n) is 5.29. The first-order valence-electron chi connectivity index (χ1n) is 16.3. The topological polar surface area (TPSA) is 87.9 Å². The molecule has 0 atom stereocenters. The van der Waals surface area contributed by atoms with Gasteiger partial charge in [0.15, 0.2) is 0 Å². The maximum atomic E-state index is 12.0. The fourth-order valence-corrected chi connectivity index (χ4v) is 6.05. The van der Waals surface area contributed by atoms with Crippen LogP contribution in [0.3, 0.4) is 0 Å². The average molecular weight is 657 g/mol. The van der Waals surface area contributed by atoms with Gasteiger partial charge in [-0.1, -0.05) is 37.8 Å². The second kappa shape index (κ2) is 15.4. The van der Waals surface area contributed by atoms with Crippen molar-refractivity contribution >= 4 is 14.0 Å². The standard InChI is InChI=1S/C37H48N4O5Si/c1-37(2,36(42)43-3)26-46-32-13-10-29(11-14-32)33-15-12-31(23-38-33)35-39-34(25-41(35)27-45-20-21-47(4,5)6)30-9-7-8-28(22-30)24-40-16-18-44-19-17-40/h7-15,22-23,25H,16-21,24,26-27H2,1-6H3. The molecule has 2 aromatic carbocycles. The number of rotatable bonds is 14. The van der Waals surface area contributed by atoms with Gasteiger partial charge in [-0.05, 0) is 67.9 Å². The highest BCUT2D eigenvalue weighted by Gasteiger charge is 2.29. The van der Waals surface area contributed by atoms with Crippen molar-refractivity contribution in [1.29, 1.82) is 0 Å². The van der Waals surface area contributed by atoms with Gasteiger partial charge in [-0.15, -0.1) is 0 Å². The van der Waals surface area contributed by atoms with E-state index in [0.29, 0.717) is 12.5 Å². The van der Waals surface area contributed by atoms with Gasteiger partial charge in [0.05, 0.1) is 37.1 Å². The largest absolute Gasteiger partial charge is 0.492 e. The maximum absolute atomic E-state index is 12.0. The number of hydrogen-bond acceptors (Lipinski definition) is 8. The van der Waals surface area contributed by atoms with Gasteiger partial charge in [-0.2, -0.15) is 0 Å². The first-order valence-corrected chi connectivity index (χ1v) is 20.0. The Labute approximate surface area is 279 Å². The summed E-state index contributed by atoms with van der Waals surface area (Å²) in [6.45, 7) is 16.4. The lowest BCUT2D eigenvalue weighted by atomic mass is 9.95. The molecule has 10 heteroatoms. The van der Waals surface area contributed by atoms with Gasteiger partial charge >= 0.3 is 5.97 Å². The second-order valence-electron chi connectivity index (χ2n) is 14.0. The van der Waals surface area contributed by atoms with Crippen molar-refractivity contribution in [3.8, 4) is 39.7 Å². The Morgan fingerprint density at radius 1 is 0.957 bits per heavy atom. The number of carbonyl (C=O) groups excluding carboxylic acids is 1. The molecule has 0 radical (unpaired) electrons. The number of ether oxygens (including phenoxy) is 4. The van der Waals surface area contributed by atoms with Crippen molar-refractivity contribution in [2.24, 2.45) is 5.41 Å². The van der Waals surface area contributed by atoms with Crippen molar-refractivity contribution < 1.29 is 23.7 Å². The molecule has 2 aromatic heterocycles. The molecule has 0 amide bonds. The van der Waals surface area contributed by atoms with Gasteiger partial charge in [0.2, 0.25) is 0 Å². The van der Waals surface area contributed by atoms with Gasteiger partial charge in [0.1, 0.15) is 24.9 Å². The fraction of sp³-hybridized carbons (Fsp3) is 0.432. The number of methoxy groups -OCH3 is 1. The monoisotopic (exact) mass is 656 g/mol. The number of morpholine rings is 1. The zero-order chi connectivity index (χ0) is 33.4. The Morgan fingerprint density at radius 3 is 2.38 bits per heavy atom. The van der Waals surface area contributed by atoms with Gasteiger partial charge in [-0.3, -0.25) is 14.7 Å². The third-order valence-corrected chi connectivity index (χ3v) is 9.95. The minimum absolute atomic E-state index is 0.223. The van der Waals surface area contributed by atoms with E-state index < -0.39 is 13.5 Å². The van der Waals surface area contributed by atoms with Crippen LogP contribution >= 0.6 is 0 Å². The van der Waals surface area contributed by atoms with E-state index in [2.05, 4.69) is 65.6 Å². The number of pyridine rings is 1. The van der Waals surface area contributed by atoms with Crippen LogP contribution in [0.4, 0.5) is 0 Å². The molecule has 0 unspecified atom stereocenters. The Bertz CT molecular complexity index is 1610. The summed E-state index contributed by atoms with van der Waals surface area (Å²) in [7, 11) is 0.183. The molecule has 0 N–H and O–H groups in total.